The van der Waals surface area contributed by atoms with Gasteiger partial charge >= 0.3 is 0 Å². The number of pyridine rings is 1. The number of nitrogens with zero attached hydrogens (tertiary/aromatic N) is 2. The fourth-order valence-corrected chi connectivity index (χ4v) is 4.68. The van der Waals surface area contributed by atoms with Gasteiger partial charge in [-0.3, -0.25) is 4.21 Å². The molecule has 0 amide bonds. The summed E-state index contributed by atoms with van der Waals surface area (Å²) in [6.45, 7) is 0. The minimum atomic E-state index is -1.46. The molecule has 3 nitrogen and oxygen atoms in total. The third-order valence-electron chi connectivity index (χ3n) is 4.68. The fourth-order valence-electron chi connectivity index (χ4n) is 3.20. The summed E-state index contributed by atoms with van der Waals surface area (Å²) in [5.41, 5.74) is 4.53. The van der Waals surface area contributed by atoms with Gasteiger partial charge in [0.15, 0.2) is 0 Å². The van der Waals surface area contributed by atoms with E-state index in [1.807, 2.05) is 91.0 Å². The van der Waals surface area contributed by atoms with Gasteiger partial charge in [0.25, 0.3) is 0 Å². The molecule has 3 aromatic carbocycles. The molecular weight excluding hydrogens is 456 g/mol. The molecule has 0 saturated carbocycles. The summed E-state index contributed by atoms with van der Waals surface area (Å²) in [4.78, 5) is 4.69. The first-order chi connectivity index (χ1) is 14.7. The first-order valence-corrected chi connectivity index (χ1v) is 11.5. The first-order valence-electron chi connectivity index (χ1n) is 9.34. The highest BCUT2D eigenvalue weighted by atomic mass is 79.9. The molecule has 4 aromatic rings. The minimum absolute atomic E-state index is 0.306. The van der Waals surface area contributed by atoms with Crippen LogP contribution in [0.4, 0.5) is 0 Å². The molecule has 0 aliphatic rings. The lowest BCUT2D eigenvalue weighted by molar-refractivity contribution is 0.679. The molecule has 0 aliphatic carbocycles. The van der Waals surface area contributed by atoms with Crippen molar-refractivity contribution in [3.05, 3.63) is 107 Å². The molecular formula is C25H17BrN2OS. The Bertz CT molecular complexity index is 1230. The molecule has 1 aromatic heterocycles. The van der Waals surface area contributed by atoms with Gasteiger partial charge in [0.05, 0.1) is 27.8 Å². The van der Waals surface area contributed by atoms with E-state index in [4.69, 9.17) is 0 Å². The van der Waals surface area contributed by atoms with E-state index in [0.29, 0.717) is 22.0 Å². The van der Waals surface area contributed by atoms with Gasteiger partial charge in [-0.1, -0.05) is 88.7 Å². The molecule has 5 heteroatoms. The van der Waals surface area contributed by atoms with E-state index >= 15 is 0 Å². The largest absolute Gasteiger partial charge is 0.252 e. The van der Waals surface area contributed by atoms with E-state index in [0.717, 1.165) is 26.7 Å². The second kappa shape index (κ2) is 9.17. The van der Waals surface area contributed by atoms with Crippen molar-refractivity contribution in [3.8, 4) is 28.5 Å². The zero-order valence-electron chi connectivity index (χ0n) is 16.0. The maximum absolute atomic E-state index is 13.3. The van der Waals surface area contributed by atoms with Crippen molar-refractivity contribution in [2.45, 2.75) is 10.8 Å². The predicted molar refractivity (Wildman–Crippen MR) is 124 cm³/mol. The number of hydrogen-bond acceptors (Lipinski definition) is 3. The average Bonchev–Trinajstić information content (AvgIpc) is 2.80. The molecule has 0 radical (unpaired) electrons. The van der Waals surface area contributed by atoms with Gasteiger partial charge in [-0.15, -0.1) is 0 Å². The van der Waals surface area contributed by atoms with Crippen LogP contribution in [0.15, 0.2) is 100 Å². The first kappa shape index (κ1) is 20.2. The second-order valence-corrected chi connectivity index (χ2v) is 8.98. The SMILES string of the molecule is N#Cc1c(-c2ccccc2)cc(-c2ccc(Br)cc2)nc1[S@@](=O)Cc1ccccc1. The van der Waals surface area contributed by atoms with E-state index in [-0.39, 0.29) is 0 Å². The summed E-state index contributed by atoms with van der Waals surface area (Å²) in [7, 11) is -1.46. The summed E-state index contributed by atoms with van der Waals surface area (Å²) in [6.07, 6.45) is 0. The highest BCUT2D eigenvalue weighted by Gasteiger charge is 2.20. The maximum Gasteiger partial charge on any atom is 0.146 e. The van der Waals surface area contributed by atoms with Crippen LogP contribution in [0.5, 0.6) is 0 Å². The molecule has 0 spiro atoms. The monoisotopic (exact) mass is 472 g/mol. The van der Waals surface area contributed by atoms with E-state index in [9.17, 15) is 9.47 Å². The van der Waals surface area contributed by atoms with Crippen LogP contribution in [0.1, 0.15) is 11.1 Å². The fraction of sp³-hybridized carbons (Fsp3) is 0.0400. The second-order valence-electron chi connectivity index (χ2n) is 6.70. The molecule has 0 unspecified atom stereocenters. The van der Waals surface area contributed by atoms with Gasteiger partial charge < -0.3 is 0 Å². The highest BCUT2D eigenvalue weighted by Crippen LogP contribution is 2.32. The number of hydrogen-bond donors (Lipinski definition) is 0. The van der Waals surface area contributed by atoms with Crippen molar-refractivity contribution in [2.75, 3.05) is 0 Å². The van der Waals surface area contributed by atoms with Crippen LogP contribution in [-0.4, -0.2) is 9.19 Å². The third-order valence-corrected chi connectivity index (χ3v) is 6.53. The van der Waals surface area contributed by atoms with E-state index in [1.54, 1.807) is 0 Å². The smallest absolute Gasteiger partial charge is 0.146 e. The molecule has 1 heterocycles. The Morgan fingerprint density at radius 2 is 1.50 bits per heavy atom. The van der Waals surface area contributed by atoms with Crippen molar-refractivity contribution in [1.82, 2.24) is 4.98 Å². The normalized spacial score (nSPS) is 11.6. The van der Waals surface area contributed by atoms with Crippen molar-refractivity contribution < 1.29 is 4.21 Å². The Labute approximate surface area is 186 Å². The average molecular weight is 473 g/mol. The molecule has 4 rings (SSSR count). The molecule has 0 N–H and O–H groups in total. The standard InChI is InChI=1S/C25H17BrN2OS/c26-21-13-11-20(12-14-21)24-15-22(19-9-5-2-6-10-19)23(16-27)25(28-24)30(29)17-18-7-3-1-4-8-18/h1-15H,17H2/t30-/m0/s1. The summed E-state index contributed by atoms with van der Waals surface area (Å²) < 4.78 is 14.3. The van der Waals surface area contributed by atoms with Crippen molar-refractivity contribution in [3.63, 3.8) is 0 Å². The van der Waals surface area contributed by atoms with Gasteiger partial charge in [-0.25, -0.2) is 4.98 Å². The van der Waals surface area contributed by atoms with E-state index in [1.165, 1.54) is 0 Å². The summed E-state index contributed by atoms with van der Waals surface area (Å²) in [5, 5.41) is 10.3. The Morgan fingerprint density at radius 3 is 2.13 bits per heavy atom. The Kier molecular flexibility index (Phi) is 6.18. The highest BCUT2D eigenvalue weighted by molar-refractivity contribution is 9.10. The molecule has 0 fully saturated rings. The molecule has 0 saturated heterocycles. The quantitative estimate of drug-likeness (QED) is 0.339. The van der Waals surface area contributed by atoms with Gasteiger partial charge in [0.1, 0.15) is 11.1 Å². The van der Waals surface area contributed by atoms with Crippen LogP contribution < -0.4 is 0 Å². The van der Waals surface area contributed by atoms with Crippen LogP contribution in [0.25, 0.3) is 22.4 Å². The number of rotatable bonds is 5. The third kappa shape index (κ3) is 4.40. The Balaban J connectivity index is 1.89. The van der Waals surface area contributed by atoms with Gasteiger partial charge in [-0.05, 0) is 29.3 Å². The molecule has 0 aliphatic heterocycles. The number of nitriles is 1. The summed E-state index contributed by atoms with van der Waals surface area (Å²) >= 11 is 3.45. The Hall–Kier alpha value is -3.07. The Morgan fingerprint density at radius 1 is 0.867 bits per heavy atom. The molecule has 0 bridgehead atoms. The van der Waals surface area contributed by atoms with Crippen LogP contribution in [0, 0.1) is 11.3 Å². The topological polar surface area (TPSA) is 53.8 Å². The van der Waals surface area contributed by atoms with E-state index in [2.05, 4.69) is 27.0 Å². The van der Waals surface area contributed by atoms with Crippen LogP contribution in [-0.2, 0) is 16.6 Å². The van der Waals surface area contributed by atoms with Gasteiger partial charge in [0, 0.05) is 15.6 Å². The predicted octanol–water partition coefficient (Wildman–Crippen LogP) is 6.36. The number of aromatic nitrogens is 1. The minimum Gasteiger partial charge on any atom is -0.252 e. The molecule has 146 valence electrons. The van der Waals surface area contributed by atoms with Crippen LogP contribution >= 0.6 is 15.9 Å². The van der Waals surface area contributed by atoms with Crippen LogP contribution in [0.2, 0.25) is 0 Å². The lowest BCUT2D eigenvalue weighted by Gasteiger charge is -2.13. The zero-order chi connectivity index (χ0) is 20.9. The number of halogens is 1. The van der Waals surface area contributed by atoms with Crippen LogP contribution in [0.3, 0.4) is 0 Å². The molecule has 30 heavy (non-hydrogen) atoms. The van der Waals surface area contributed by atoms with Gasteiger partial charge in [-0.2, -0.15) is 5.26 Å². The summed E-state index contributed by atoms with van der Waals surface area (Å²) in [5.74, 6) is 0.306. The van der Waals surface area contributed by atoms with E-state index < -0.39 is 10.8 Å². The van der Waals surface area contributed by atoms with Gasteiger partial charge in [0.2, 0.25) is 0 Å². The maximum atomic E-state index is 13.3. The van der Waals surface area contributed by atoms with Crippen molar-refractivity contribution >= 4 is 26.7 Å². The lowest BCUT2D eigenvalue weighted by Crippen LogP contribution is -2.05. The summed E-state index contributed by atoms with van der Waals surface area (Å²) in [6, 6.07) is 31.3. The number of benzene rings is 3. The lowest BCUT2D eigenvalue weighted by atomic mass is 9.99. The van der Waals surface area contributed by atoms with Crippen molar-refractivity contribution in [2.24, 2.45) is 0 Å². The van der Waals surface area contributed by atoms with Crippen molar-refractivity contribution in [1.29, 1.82) is 5.26 Å². The molecule has 1 atom stereocenters. The zero-order valence-corrected chi connectivity index (χ0v) is 18.4.